The van der Waals surface area contributed by atoms with Crippen LogP contribution >= 0.6 is 0 Å². The van der Waals surface area contributed by atoms with E-state index in [1.165, 1.54) is 6.92 Å². The van der Waals surface area contributed by atoms with Crippen LogP contribution < -0.4 is 5.32 Å². The molecule has 0 aliphatic carbocycles. The highest BCUT2D eigenvalue weighted by atomic mass is 16.5. The van der Waals surface area contributed by atoms with E-state index in [0.717, 1.165) is 22.2 Å². The minimum atomic E-state index is -0.217. The number of ether oxygens (including phenoxy) is 1. The Morgan fingerprint density at radius 3 is 2.63 bits per heavy atom. The third-order valence-corrected chi connectivity index (χ3v) is 4.98. The summed E-state index contributed by atoms with van der Waals surface area (Å²) in [6.07, 6.45) is 0.938. The van der Waals surface area contributed by atoms with Gasteiger partial charge in [0.1, 0.15) is 11.3 Å². The molecule has 3 atom stereocenters. The summed E-state index contributed by atoms with van der Waals surface area (Å²) in [5.41, 5.74) is 3.67. The number of benzene rings is 2. The van der Waals surface area contributed by atoms with E-state index in [2.05, 4.69) is 15.6 Å². The molecule has 1 aliphatic heterocycles. The number of nitrogens with one attached hydrogen (secondary N) is 1. The van der Waals surface area contributed by atoms with E-state index in [-0.39, 0.29) is 29.9 Å². The van der Waals surface area contributed by atoms with Gasteiger partial charge in [-0.1, -0.05) is 23.4 Å². The van der Waals surface area contributed by atoms with Gasteiger partial charge in [0.25, 0.3) is 0 Å². The number of phenolic OH excluding ortho intramolecular Hbond substituents is 1. The first-order valence-corrected chi connectivity index (χ1v) is 9.00. The molecule has 140 valence electrons. The summed E-state index contributed by atoms with van der Waals surface area (Å²) in [5, 5.41) is 21.1. The Morgan fingerprint density at radius 2 is 1.93 bits per heavy atom. The van der Waals surface area contributed by atoms with Crippen LogP contribution in [0.15, 0.2) is 42.5 Å². The zero-order chi connectivity index (χ0) is 19.0. The minimum absolute atomic E-state index is 0.00819. The van der Waals surface area contributed by atoms with Gasteiger partial charge in [-0.2, -0.15) is 0 Å². The lowest BCUT2D eigenvalue weighted by molar-refractivity contribution is -0.122. The van der Waals surface area contributed by atoms with Gasteiger partial charge in [0.15, 0.2) is 0 Å². The van der Waals surface area contributed by atoms with Gasteiger partial charge < -0.3 is 15.2 Å². The van der Waals surface area contributed by atoms with Crippen LogP contribution in [-0.4, -0.2) is 32.0 Å². The van der Waals surface area contributed by atoms with Gasteiger partial charge in [0.2, 0.25) is 5.91 Å². The summed E-state index contributed by atoms with van der Waals surface area (Å²) in [6, 6.07) is 13.1. The lowest BCUT2D eigenvalue weighted by atomic mass is 9.91. The third-order valence-electron chi connectivity index (χ3n) is 4.98. The number of phenols is 1. The van der Waals surface area contributed by atoms with Crippen LogP contribution in [0.3, 0.4) is 0 Å². The van der Waals surface area contributed by atoms with Gasteiger partial charge in [0, 0.05) is 20.0 Å². The highest BCUT2D eigenvalue weighted by molar-refractivity contribution is 5.75. The molecule has 7 heteroatoms. The fourth-order valence-electron chi connectivity index (χ4n) is 3.74. The maximum atomic E-state index is 11.6. The van der Waals surface area contributed by atoms with E-state index < -0.39 is 0 Å². The lowest BCUT2D eigenvalue weighted by Gasteiger charge is -2.36. The molecule has 1 aliphatic rings. The number of aromatic nitrogens is 3. The molecule has 1 aromatic heterocycles. The molecular formula is C20H22N4O3. The summed E-state index contributed by atoms with van der Waals surface area (Å²) in [6.45, 7) is 1.53. The van der Waals surface area contributed by atoms with Crippen molar-refractivity contribution in [3.05, 3.63) is 53.6 Å². The average Bonchev–Trinajstić information content (AvgIpc) is 3.01. The maximum absolute atomic E-state index is 11.6. The number of nitrogens with zero attached hydrogens (tertiary/aromatic N) is 3. The number of amides is 1. The maximum Gasteiger partial charge on any atom is 0.217 e. The highest BCUT2D eigenvalue weighted by Crippen LogP contribution is 2.40. The number of aromatic hydroxyl groups is 1. The fourth-order valence-corrected chi connectivity index (χ4v) is 3.74. The van der Waals surface area contributed by atoms with Crippen molar-refractivity contribution in [3.63, 3.8) is 0 Å². The zero-order valence-corrected chi connectivity index (χ0v) is 15.3. The predicted molar refractivity (Wildman–Crippen MR) is 100 cm³/mol. The molecule has 0 bridgehead atoms. The van der Waals surface area contributed by atoms with Crippen molar-refractivity contribution in [2.24, 2.45) is 7.05 Å². The zero-order valence-electron chi connectivity index (χ0n) is 15.3. The van der Waals surface area contributed by atoms with Crippen molar-refractivity contribution >= 4 is 16.9 Å². The van der Waals surface area contributed by atoms with E-state index in [1.807, 2.05) is 31.3 Å². The third kappa shape index (κ3) is 3.64. The lowest BCUT2D eigenvalue weighted by Crippen LogP contribution is -2.39. The Kier molecular flexibility index (Phi) is 4.53. The summed E-state index contributed by atoms with van der Waals surface area (Å²) in [7, 11) is 1.86. The van der Waals surface area contributed by atoms with Gasteiger partial charge >= 0.3 is 0 Å². The van der Waals surface area contributed by atoms with Crippen LogP contribution in [0.5, 0.6) is 5.75 Å². The first-order chi connectivity index (χ1) is 13.0. The molecule has 1 fully saturated rings. The van der Waals surface area contributed by atoms with E-state index in [9.17, 15) is 9.90 Å². The van der Waals surface area contributed by atoms with Crippen molar-refractivity contribution in [3.8, 4) is 5.75 Å². The topological polar surface area (TPSA) is 89.3 Å². The number of hydrogen-bond donors (Lipinski definition) is 2. The Labute approximate surface area is 156 Å². The molecule has 4 rings (SSSR count). The molecule has 0 radical (unpaired) electrons. The quantitative estimate of drug-likeness (QED) is 0.744. The smallest absolute Gasteiger partial charge is 0.217 e. The summed E-state index contributed by atoms with van der Waals surface area (Å²) < 4.78 is 8.10. The van der Waals surface area contributed by atoms with E-state index in [1.54, 1.807) is 22.9 Å². The number of hydrogen-bond acceptors (Lipinski definition) is 5. The second-order valence-corrected chi connectivity index (χ2v) is 7.04. The second kappa shape index (κ2) is 7.00. The Hall–Kier alpha value is -2.93. The molecule has 2 heterocycles. The molecular weight excluding hydrogens is 344 g/mol. The van der Waals surface area contributed by atoms with Crippen LogP contribution in [0.25, 0.3) is 11.0 Å². The van der Waals surface area contributed by atoms with Crippen molar-refractivity contribution in [2.75, 3.05) is 0 Å². The van der Waals surface area contributed by atoms with Crippen molar-refractivity contribution in [2.45, 2.75) is 38.0 Å². The summed E-state index contributed by atoms with van der Waals surface area (Å²) in [5.74, 6) is 0.148. The van der Waals surface area contributed by atoms with Crippen LogP contribution in [0, 0.1) is 0 Å². The molecule has 0 spiro atoms. The van der Waals surface area contributed by atoms with Crippen LogP contribution in [0.1, 0.15) is 43.1 Å². The number of carbonyl (C=O) groups is 1. The van der Waals surface area contributed by atoms with Gasteiger partial charge in [-0.3, -0.25) is 4.79 Å². The molecule has 27 heavy (non-hydrogen) atoms. The molecule has 1 amide bonds. The van der Waals surface area contributed by atoms with Gasteiger partial charge in [-0.15, -0.1) is 5.10 Å². The molecule has 2 N–H and O–H groups in total. The number of aryl methyl sites for hydroxylation is 1. The Morgan fingerprint density at radius 1 is 1.19 bits per heavy atom. The van der Waals surface area contributed by atoms with Crippen molar-refractivity contribution in [1.82, 2.24) is 20.3 Å². The normalized spacial score (nSPS) is 22.7. The summed E-state index contributed by atoms with van der Waals surface area (Å²) >= 11 is 0. The average molecular weight is 366 g/mol. The Balaban J connectivity index is 1.66. The number of rotatable bonds is 3. The molecule has 2 aromatic carbocycles. The van der Waals surface area contributed by atoms with Crippen LogP contribution in [-0.2, 0) is 16.6 Å². The monoisotopic (exact) mass is 366 g/mol. The molecule has 0 saturated carbocycles. The van der Waals surface area contributed by atoms with Gasteiger partial charge in [-0.25, -0.2) is 4.68 Å². The minimum Gasteiger partial charge on any atom is -0.508 e. The van der Waals surface area contributed by atoms with Gasteiger partial charge in [-0.05, 0) is 48.2 Å². The molecule has 0 unspecified atom stereocenters. The van der Waals surface area contributed by atoms with Crippen molar-refractivity contribution < 1.29 is 14.6 Å². The summed E-state index contributed by atoms with van der Waals surface area (Å²) in [4.78, 5) is 11.6. The van der Waals surface area contributed by atoms with Crippen LogP contribution in [0.2, 0.25) is 0 Å². The molecule has 1 saturated heterocycles. The standard InChI is InChI=1S/C20H22N4O3/c1-12(25)21-15-10-19(13-4-3-5-16(26)8-13)27-20(11-15)14-6-7-18-17(9-14)22-23-24(18)2/h3-9,15,19-20,26H,10-11H2,1-2H3,(H,21,25)/t15-,19-,20+/m1/s1. The van der Waals surface area contributed by atoms with E-state index in [4.69, 9.17) is 4.74 Å². The predicted octanol–water partition coefficient (Wildman–Crippen LogP) is 2.77. The first kappa shape index (κ1) is 17.5. The van der Waals surface area contributed by atoms with E-state index >= 15 is 0 Å². The number of fused-ring (bicyclic) bond motifs is 1. The SMILES string of the molecule is CC(=O)N[C@H]1C[C@@H](c2ccc3c(c2)nnn3C)O[C@@H](c2cccc(O)c2)C1. The largest absolute Gasteiger partial charge is 0.508 e. The molecule has 7 nitrogen and oxygen atoms in total. The second-order valence-electron chi connectivity index (χ2n) is 7.04. The number of carbonyl (C=O) groups excluding carboxylic acids is 1. The van der Waals surface area contributed by atoms with Crippen LogP contribution in [0.4, 0.5) is 0 Å². The van der Waals surface area contributed by atoms with E-state index in [0.29, 0.717) is 12.8 Å². The van der Waals surface area contributed by atoms with Crippen molar-refractivity contribution in [1.29, 1.82) is 0 Å². The Bertz CT molecular complexity index is 984. The molecule has 3 aromatic rings. The fraction of sp³-hybridized carbons (Fsp3) is 0.350. The first-order valence-electron chi connectivity index (χ1n) is 9.00. The van der Waals surface area contributed by atoms with Gasteiger partial charge in [0.05, 0.1) is 17.7 Å². The highest BCUT2D eigenvalue weighted by Gasteiger charge is 2.32.